The molecule has 0 aromatic heterocycles. The predicted molar refractivity (Wildman–Crippen MR) is 71.4 cm³/mol. The minimum Gasteiger partial charge on any atom is -0.393 e. The number of ether oxygens (including phenoxy) is 2. The fourth-order valence-corrected chi connectivity index (χ4v) is 3.97. The first-order valence-electron chi connectivity index (χ1n) is 7.14. The topological polar surface area (TPSA) is 38.7 Å². The normalized spacial score (nSPS) is 38.9. The van der Waals surface area contributed by atoms with Crippen molar-refractivity contribution in [1.82, 2.24) is 0 Å². The van der Waals surface area contributed by atoms with Crippen molar-refractivity contribution in [2.75, 3.05) is 20.3 Å². The summed E-state index contributed by atoms with van der Waals surface area (Å²) in [6.07, 6.45) is 8.13. The molecule has 0 unspecified atom stereocenters. The highest BCUT2D eigenvalue weighted by Crippen LogP contribution is 2.57. The molecule has 2 fully saturated rings. The van der Waals surface area contributed by atoms with E-state index in [1.807, 2.05) is 6.08 Å². The van der Waals surface area contributed by atoms with Crippen LogP contribution in [0.25, 0.3) is 0 Å². The smallest absolute Gasteiger partial charge is 0.0606 e. The number of methoxy groups -OCH3 is 1. The van der Waals surface area contributed by atoms with E-state index in [4.69, 9.17) is 9.47 Å². The summed E-state index contributed by atoms with van der Waals surface area (Å²) in [6.45, 7) is 5.18. The highest BCUT2D eigenvalue weighted by Gasteiger charge is 2.55. The lowest BCUT2D eigenvalue weighted by atomic mass is 9.75. The first kappa shape index (κ1) is 14.0. The number of aliphatic hydroxyl groups is 1. The molecule has 0 saturated heterocycles. The molecular formula is C15H26O3. The van der Waals surface area contributed by atoms with Gasteiger partial charge in [0.25, 0.3) is 0 Å². The molecule has 0 amide bonds. The number of fused-ring (bicyclic) bond motifs is 1. The van der Waals surface area contributed by atoms with E-state index in [0.29, 0.717) is 12.0 Å². The Morgan fingerprint density at radius 2 is 2.17 bits per heavy atom. The third-order valence-electron chi connectivity index (χ3n) is 4.98. The molecule has 4 atom stereocenters. The minimum atomic E-state index is -0.161. The van der Waals surface area contributed by atoms with Crippen LogP contribution in [0.3, 0.4) is 0 Å². The van der Waals surface area contributed by atoms with Crippen LogP contribution in [0.4, 0.5) is 0 Å². The van der Waals surface area contributed by atoms with Gasteiger partial charge in [0.05, 0.1) is 12.2 Å². The van der Waals surface area contributed by atoms with Crippen molar-refractivity contribution >= 4 is 0 Å². The lowest BCUT2D eigenvalue weighted by molar-refractivity contribution is -0.0170. The van der Waals surface area contributed by atoms with Crippen LogP contribution in [-0.2, 0) is 9.47 Å². The first-order valence-corrected chi connectivity index (χ1v) is 7.14. The van der Waals surface area contributed by atoms with E-state index in [1.54, 1.807) is 7.11 Å². The average molecular weight is 254 g/mol. The van der Waals surface area contributed by atoms with E-state index in [9.17, 15) is 5.11 Å². The van der Waals surface area contributed by atoms with Crippen molar-refractivity contribution in [2.45, 2.75) is 50.7 Å². The SMILES string of the molecule is C=CCCOCC[C@]12CC[C@@H](OC)[C@H]1CC[C@H]2O. The Kier molecular flexibility index (Phi) is 4.82. The Morgan fingerprint density at radius 1 is 1.33 bits per heavy atom. The molecule has 0 heterocycles. The highest BCUT2D eigenvalue weighted by molar-refractivity contribution is 5.05. The molecule has 18 heavy (non-hydrogen) atoms. The van der Waals surface area contributed by atoms with Gasteiger partial charge in [0.15, 0.2) is 0 Å². The van der Waals surface area contributed by atoms with Crippen molar-refractivity contribution in [2.24, 2.45) is 11.3 Å². The van der Waals surface area contributed by atoms with Crippen molar-refractivity contribution in [3.8, 4) is 0 Å². The van der Waals surface area contributed by atoms with E-state index in [1.165, 1.54) is 0 Å². The van der Waals surface area contributed by atoms with Crippen molar-refractivity contribution in [3.05, 3.63) is 12.7 Å². The van der Waals surface area contributed by atoms with Gasteiger partial charge >= 0.3 is 0 Å². The van der Waals surface area contributed by atoms with Gasteiger partial charge in [-0.15, -0.1) is 6.58 Å². The zero-order valence-electron chi connectivity index (χ0n) is 11.4. The molecule has 3 heteroatoms. The molecule has 0 bridgehead atoms. The largest absolute Gasteiger partial charge is 0.393 e. The zero-order valence-corrected chi connectivity index (χ0v) is 11.4. The molecule has 104 valence electrons. The molecule has 2 aliphatic rings. The van der Waals surface area contributed by atoms with Gasteiger partial charge in [-0.3, -0.25) is 0 Å². The van der Waals surface area contributed by atoms with E-state index in [0.717, 1.165) is 51.7 Å². The van der Waals surface area contributed by atoms with Gasteiger partial charge in [-0.1, -0.05) is 6.08 Å². The fraction of sp³-hybridized carbons (Fsp3) is 0.867. The van der Waals surface area contributed by atoms with Crippen LogP contribution in [0, 0.1) is 11.3 Å². The number of hydrogen-bond acceptors (Lipinski definition) is 3. The summed E-state index contributed by atoms with van der Waals surface area (Å²) < 4.78 is 11.2. The molecule has 0 radical (unpaired) electrons. The highest BCUT2D eigenvalue weighted by atomic mass is 16.5. The van der Waals surface area contributed by atoms with Gasteiger partial charge in [0.1, 0.15) is 0 Å². The molecule has 0 aliphatic heterocycles. The Bertz CT molecular complexity index is 279. The molecule has 0 aromatic rings. The molecule has 3 nitrogen and oxygen atoms in total. The van der Waals surface area contributed by atoms with Crippen LogP contribution < -0.4 is 0 Å². The summed E-state index contributed by atoms with van der Waals surface area (Å²) in [5, 5.41) is 10.3. The third-order valence-corrected chi connectivity index (χ3v) is 4.98. The van der Waals surface area contributed by atoms with Crippen LogP contribution >= 0.6 is 0 Å². The van der Waals surface area contributed by atoms with E-state index in [-0.39, 0.29) is 11.5 Å². The van der Waals surface area contributed by atoms with Gasteiger partial charge < -0.3 is 14.6 Å². The third kappa shape index (κ3) is 2.49. The predicted octanol–water partition coefficient (Wildman–Crippen LogP) is 2.54. The molecular weight excluding hydrogens is 228 g/mol. The lowest BCUT2D eigenvalue weighted by Gasteiger charge is -2.34. The zero-order chi connectivity index (χ0) is 13.0. The van der Waals surface area contributed by atoms with Crippen LogP contribution in [-0.4, -0.2) is 37.6 Å². The van der Waals surface area contributed by atoms with Gasteiger partial charge in [-0.2, -0.15) is 0 Å². The Balaban J connectivity index is 1.88. The van der Waals surface area contributed by atoms with Crippen molar-refractivity contribution in [3.63, 3.8) is 0 Å². The maximum absolute atomic E-state index is 10.3. The summed E-state index contributed by atoms with van der Waals surface area (Å²) in [4.78, 5) is 0. The number of rotatable bonds is 7. The standard InChI is InChI=1S/C15H26O3/c1-3-4-10-18-11-9-15-8-7-13(17-2)12(15)5-6-14(15)16/h3,12-14,16H,1,4-11H2,2H3/t12-,13-,14-,15-/m1/s1. The molecule has 0 spiro atoms. The van der Waals surface area contributed by atoms with Gasteiger partial charge in [-0.05, 0) is 44.4 Å². The minimum absolute atomic E-state index is 0.0643. The summed E-state index contributed by atoms with van der Waals surface area (Å²) in [5.74, 6) is 0.528. The average Bonchev–Trinajstić information content (AvgIpc) is 2.88. The summed E-state index contributed by atoms with van der Waals surface area (Å²) >= 11 is 0. The van der Waals surface area contributed by atoms with Crippen molar-refractivity contribution < 1.29 is 14.6 Å². The van der Waals surface area contributed by atoms with Gasteiger partial charge in [0, 0.05) is 25.7 Å². The second-order valence-electron chi connectivity index (χ2n) is 5.69. The molecule has 1 N–H and O–H groups in total. The number of hydrogen-bond donors (Lipinski definition) is 1. The van der Waals surface area contributed by atoms with Crippen LogP contribution in [0.15, 0.2) is 12.7 Å². The maximum Gasteiger partial charge on any atom is 0.0606 e. The maximum atomic E-state index is 10.3. The first-order chi connectivity index (χ1) is 8.74. The Morgan fingerprint density at radius 3 is 2.89 bits per heavy atom. The van der Waals surface area contributed by atoms with E-state index in [2.05, 4.69) is 6.58 Å². The fourth-order valence-electron chi connectivity index (χ4n) is 3.97. The van der Waals surface area contributed by atoms with Crippen LogP contribution in [0.5, 0.6) is 0 Å². The van der Waals surface area contributed by atoms with E-state index >= 15 is 0 Å². The summed E-state index contributed by atoms with van der Waals surface area (Å²) in [6, 6.07) is 0. The Hall–Kier alpha value is -0.380. The second kappa shape index (κ2) is 6.18. The van der Waals surface area contributed by atoms with Gasteiger partial charge in [0.2, 0.25) is 0 Å². The Labute approximate surface area is 110 Å². The molecule has 2 aliphatic carbocycles. The number of aliphatic hydroxyl groups excluding tert-OH is 1. The van der Waals surface area contributed by atoms with Crippen molar-refractivity contribution in [1.29, 1.82) is 0 Å². The van der Waals surface area contributed by atoms with Crippen LogP contribution in [0.1, 0.15) is 38.5 Å². The molecule has 0 aromatic carbocycles. The lowest BCUT2D eigenvalue weighted by Crippen LogP contribution is -2.35. The summed E-state index contributed by atoms with van der Waals surface area (Å²) in [7, 11) is 1.80. The molecule has 2 rings (SSSR count). The molecule has 2 saturated carbocycles. The van der Waals surface area contributed by atoms with E-state index < -0.39 is 0 Å². The van der Waals surface area contributed by atoms with Crippen LogP contribution in [0.2, 0.25) is 0 Å². The van der Waals surface area contributed by atoms with Gasteiger partial charge in [-0.25, -0.2) is 0 Å². The monoisotopic (exact) mass is 254 g/mol. The quantitative estimate of drug-likeness (QED) is 0.560. The summed E-state index contributed by atoms with van der Waals surface area (Å²) in [5.41, 5.74) is 0.0643. The second-order valence-corrected chi connectivity index (χ2v) is 5.69.